The molecular formula is C18H19N3S. The van der Waals surface area contributed by atoms with Gasteiger partial charge >= 0.3 is 0 Å². The standard InChI is InChI=1S/C18H19N3S/c1-3-12(2)19-18(22)21-17-13-8-4-6-10-15(13)20-16-11-7-5-9-14(16)17/h4-12H,3H2,1-2H3,(H2,19,20,21,22). The highest BCUT2D eigenvalue weighted by molar-refractivity contribution is 7.80. The van der Waals surface area contributed by atoms with Crippen molar-refractivity contribution in [2.24, 2.45) is 0 Å². The summed E-state index contributed by atoms with van der Waals surface area (Å²) in [5, 5.41) is 9.49. The Morgan fingerprint density at radius 2 is 1.59 bits per heavy atom. The van der Waals surface area contributed by atoms with E-state index in [2.05, 4.69) is 36.6 Å². The lowest BCUT2D eigenvalue weighted by molar-refractivity contribution is 0.646. The molecule has 0 aliphatic heterocycles. The zero-order chi connectivity index (χ0) is 15.5. The van der Waals surface area contributed by atoms with Crippen molar-refractivity contribution in [2.45, 2.75) is 26.3 Å². The largest absolute Gasteiger partial charge is 0.360 e. The van der Waals surface area contributed by atoms with Crippen molar-refractivity contribution in [2.75, 3.05) is 5.32 Å². The molecule has 22 heavy (non-hydrogen) atoms. The van der Waals surface area contributed by atoms with Crippen LogP contribution >= 0.6 is 12.2 Å². The molecule has 3 rings (SSSR count). The first-order valence-electron chi connectivity index (χ1n) is 7.54. The van der Waals surface area contributed by atoms with Crippen LogP contribution in [-0.4, -0.2) is 16.1 Å². The van der Waals surface area contributed by atoms with Gasteiger partial charge in [-0.2, -0.15) is 0 Å². The number of hydrogen-bond acceptors (Lipinski definition) is 2. The highest BCUT2D eigenvalue weighted by Crippen LogP contribution is 2.30. The molecule has 1 unspecified atom stereocenters. The molecule has 0 aliphatic rings. The van der Waals surface area contributed by atoms with Gasteiger partial charge < -0.3 is 10.6 Å². The van der Waals surface area contributed by atoms with Crippen molar-refractivity contribution in [3.05, 3.63) is 48.5 Å². The van der Waals surface area contributed by atoms with Crippen LogP contribution in [-0.2, 0) is 0 Å². The first-order chi connectivity index (χ1) is 10.7. The van der Waals surface area contributed by atoms with E-state index in [1.54, 1.807) is 0 Å². The minimum atomic E-state index is 0.347. The fraction of sp³-hybridized carbons (Fsp3) is 0.222. The lowest BCUT2D eigenvalue weighted by Crippen LogP contribution is -2.35. The van der Waals surface area contributed by atoms with Gasteiger partial charge in [-0.3, -0.25) is 0 Å². The van der Waals surface area contributed by atoms with E-state index in [0.29, 0.717) is 11.2 Å². The van der Waals surface area contributed by atoms with Gasteiger partial charge in [0.05, 0.1) is 16.7 Å². The Bertz CT molecular complexity index is 775. The predicted molar refractivity (Wildman–Crippen MR) is 98.4 cm³/mol. The van der Waals surface area contributed by atoms with Gasteiger partial charge in [-0.1, -0.05) is 43.3 Å². The van der Waals surface area contributed by atoms with E-state index in [1.165, 1.54) is 0 Å². The summed E-state index contributed by atoms with van der Waals surface area (Å²) in [5.74, 6) is 0. The summed E-state index contributed by atoms with van der Waals surface area (Å²) in [4.78, 5) is 4.72. The molecule has 0 saturated heterocycles. The Hall–Kier alpha value is -2.20. The summed E-state index contributed by atoms with van der Waals surface area (Å²) in [5.41, 5.74) is 2.95. The number of anilines is 1. The van der Waals surface area contributed by atoms with E-state index < -0.39 is 0 Å². The molecule has 2 aromatic carbocycles. The van der Waals surface area contributed by atoms with Gasteiger partial charge in [-0.05, 0) is 37.7 Å². The maximum absolute atomic E-state index is 5.46. The Morgan fingerprint density at radius 3 is 2.14 bits per heavy atom. The highest BCUT2D eigenvalue weighted by Gasteiger charge is 2.10. The van der Waals surface area contributed by atoms with Crippen LogP contribution in [0.4, 0.5) is 5.69 Å². The minimum absolute atomic E-state index is 0.347. The molecule has 4 heteroatoms. The van der Waals surface area contributed by atoms with Gasteiger partial charge in [-0.15, -0.1) is 0 Å². The molecule has 1 heterocycles. The molecule has 0 fully saturated rings. The van der Waals surface area contributed by atoms with E-state index in [1.807, 2.05) is 36.4 Å². The van der Waals surface area contributed by atoms with Crippen molar-refractivity contribution in [1.29, 1.82) is 0 Å². The van der Waals surface area contributed by atoms with Crippen molar-refractivity contribution in [1.82, 2.24) is 10.3 Å². The Labute approximate surface area is 135 Å². The molecule has 1 aromatic heterocycles. The Balaban J connectivity index is 2.10. The van der Waals surface area contributed by atoms with Gasteiger partial charge in [0.2, 0.25) is 0 Å². The molecule has 0 bridgehead atoms. The van der Waals surface area contributed by atoms with Gasteiger partial charge in [0.1, 0.15) is 0 Å². The molecule has 0 amide bonds. The number of para-hydroxylation sites is 2. The number of fused-ring (bicyclic) bond motifs is 2. The normalized spacial score (nSPS) is 12.3. The van der Waals surface area contributed by atoms with Gasteiger partial charge in [0.25, 0.3) is 0 Å². The highest BCUT2D eigenvalue weighted by atomic mass is 32.1. The zero-order valence-electron chi connectivity index (χ0n) is 12.8. The van der Waals surface area contributed by atoms with Crippen LogP contribution in [0.3, 0.4) is 0 Å². The lowest BCUT2D eigenvalue weighted by Gasteiger charge is -2.17. The van der Waals surface area contributed by atoms with Crippen LogP contribution in [0.1, 0.15) is 20.3 Å². The Morgan fingerprint density at radius 1 is 1.05 bits per heavy atom. The lowest BCUT2D eigenvalue weighted by atomic mass is 10.1. The molecule has 2 N–H and O–H groups in total. The van der Waals surface area contributed by atoms with Gasteiger partial charge in [0, 0.05) is 16.8 Å². The number of aromatic nitrogens is 1. The van der Waals surface area contributed by atoms with E-state index in [-0.39, 0.29) is 0 Å². The smallest absolute Gasteiger partial charge is 0.171 e. The molecule has 0 aliphatic carbocycles. The average molecular weight is 309 g/mol. The number of rotatable bonds is 3. The number of thiocarbonyl (C=S) groups is 1. The number of pyridine rings is 1. The molecule has 3 nitrogen and oxygen atoms in total. The zero-order valence-corrected chi connectivity index (χ0v) is 13.6. The number of hydrogen-bond donors (Lipinski definition) is 2. The number of benzene rings is 2. The molecule has 3 aromatic rings. The predicted octanol–water partition coefficient (Wildman–Crippen LogP) is 4.47. The van der Waals surface area contributed by atoms with Crippen molar-refractivity contribution >= 4 is 44.8 Å². The third-order valence-electron chi connectivity index (χ3n) is 3.82. The quantitative estimate of drug-likeness (QED) is 0.553. The van der Waals surface area contributed by atoms with Crippen molar-refractivity contribution in [3.8, 4) is 0 Å². The summed E-state index contributed by atoms with van der Waals surface area (Å²) in [6, 6.07) is 16.6. The maximum Gasteiger partial charge on any atom is 0.171 e. The molecule has 0 saturated carbocycles. The SMILES string of the molecule is CCC(C)NC(=S)Nc1c2ccccc2nc2ccccc12. The van der Waals surface area contributed by atoms with Crippen LogP contribution in [0.15, 0.2) is 48.5 Å². The summed E-state index contributed by atoms with van der Waals surface area (Å²) in [7, 11) is 0. The van der Waals surface area contributed by atoms with Crippen molar-refractivity contribution in [3.63, 3.8) is 0 Å². The summed E-state index contributed by atoms with van der Waals surface area (Å²) >= 11 is 5.46. The third kappa shape index (κ3) is 2.88. The minimum Gasteiger partial charge on any atom is -0.360 e. The molecule has 0 spiro atoms. The van der Waals surface area contributed by atoms with Gasteiger partial charge in [-0.25, -0.2) is 4.98 Å². The maximum atomic E-state index is 5.46. The van der Waals surface area contributed by atoms with Crippen LogP contribution in [0.25, 0.3) is 21.8 Å². The van der Waals surface area contributed by atoms with Crippen LogP contribution < -0.4 is 10.6 Å². The second-order valence-electron chi connectivity index (χ2n) is 5.43. The summed E-state index contributed by atoms with van der Waals surface area (Å²) < 4.78 is 0. The summed E-state index contributed by atoms with van der Waals surface area (Å²) in [6.45, 7) is 4.26. The third-order valence-corrected chi connectivity index (χ3v) is 4.04. The molecular weight excluding hydrogens is 290 g/mol. The first kappa shape index (κ1) is 14.7. The van der Waals surface area contributed by atoms with Crippen LogP contribution in [0, 0.1) is 0 Å². The second-order valence-corrected chi connectivity index (χ2v) is 5.84. The Kier molecular flexibility index (Phi) is 4.20. The fourth-order valence-electron chi connectivity index (χ4n) is 2.45. The monoisotopic (exact) mass is 309 g/mol. The van der Waals surface area contributed by atoms with E-state index in [9.17, 15) is 0 Å². The van der Waals surface area contributed by atoms with E-state index >= 15 is 0 Å². The number of nitrogens with zero attached hydrogens (tertiary/aromatic N) is 1. The fourth-order valence-corrected chi connectivity index (χ4v) is 2.75. The van der Waals surface area contributed by atoms with E-state index in [0.717, 1.165) is 33.9 Å². The molecule has 112 valence electrons. The van der Waals surface area contributed by atoms with Crippen LogP contribution in [0.5, 0.6) is 0 Å². The van der Waals surface area contributed by atoms with Crippen molar-refractivity contribution < 1.29 is 0 Å². The van der Waals surface area contributed by atoms with Gasteiger partial charge in [0.15, 0.2) is 5.11 Å². The first-order valence-corrected chi connectivity index (χ1v) is 7.95. The molecule has 1 atom stereocenters. The number of nitrogens with one attached hydrogen (secondary N) is 2. The second kappa shape index (κ2) is 6.28. The topological polar surface area (TPSA) is 37.0 Å². The average Bonchev–Trinajstić information content (AvgIpc) is 2.54. The van der Waals surface area contributed by atoms with Crippen LogP contribution in [0.2, 0.25) is 0 Å². The molecule has 0 radical (unpaired) electrons. The van der Waals surface area contributed by atoms with E-state index in [4.69, 9.17) is 17.2 Å². The summed E-state index contributed by atoms with van der Waals surface area (Å²) in [6.07, 6.45) is 1.03.